The van der Waals surface area contributed by atoms with E-state index in [-0.39, 0.29) is 23.6 Å². The first-order valence-electron chi connectivity index (χ1n) is 10.8. The van der Waals surface area contributed by atoms with Crippen molar-refractivity contribution in [3.8, 4) is 17.0 Å². The number of carbonyl (C=O) groups excluding carboxylic acids is 1. The van der Waals surface area contributed by atoms with Crippen LogP contribution in [0.4, 0.5) is 14.5 Å². The largest absolute Gasteiger partial charge is 0.485 e. The number of benzene rings is 2. The topological polar surface area (TPSA) is 81.7 Å². The van der Waals surface area contributed by atoms with Crippen LogP contribution in [0.15, 0.2) is 71.4 Å². The van der Waals surface area contributed by atoms with Crippen LogP contribution in [-0.4, -0.2) is 20.4 Å². The fraction of sp³-hybridized carbons (Fsp3) is 0.115. The molecule has 0 aliphatic carbocycles. The first kappa shape index (κ1) is 22.3. The van der Waals surface area contributed by atoms with Crippen molar-refractivity contribution in [2.75, 3.05) is 5.32 Å². The number of pyridine rings is 1. The molecule has 35 heavy (non-hydrogen) atoms. The molecule has 7 nitrogen and oxygen atoms in total. The molecule has 1 amide bonds. The smallest absolute Gasteiger partial charge is 0.274 e. The molecule has 0 aliphatic heterocycles. The highest BCUT2D eigenvalue weighted by Crippen LogP contribution is 2.31. The Hall–Kier alpha value is -4.53. The van der Waals surface area contributed by atoms with Crippen molar-refractivity contribution in [3.63, 3.8) is 0 Å². The van der Waals surface area contributed by atoms with E-state index in [9.17, 15) is 13.6 Å². The van der Waals surface area contributed by atoms with Gasteiger partial charge in [-0.2, -0.15) is 0 Å². The van der Waals surface area contributed by atoms with Gasteiger partial charge < -0.3 is 14.6 Å². The molecule has 0 radical (unpaired) electrons. The third-order valence-corrected chi connectivity index (χ3v) is 5.59. The van der Waals surface area contributed by atoms with Crippen molar-refractivity contribution in [1.29, 1.82) is 0 Å². The summed E-state index contributed by atoms with van der Waals surface area (Å²) in [6.07, 6.45) is 1.67. The number of halogens is 2. The second-order valence-electron chi connectivity index (χ2n) is 7.88. The molecular weight excluding hydrogens is 454 g/mol. The van der Waals surface area contributed by atoms with E-state index < -0.39 is 17.5 Å². The van der Waals surface area contributed by atoms with E-state index in [1.165, 1.54) is 18.2 Å². The highest BCUT2D eigenvalue weighted by atomic mass is 19.1. The minimum Gasteiger partial charge on any atom is -0.485 e. The molecular formula is C26H20F2N4O3. The van der Waals surface area contributed by atoms with Gasteiger partial charge in [0.05, 0.1) is 11.3 Å². The maximum Gasteiger partial charge on any atom is 0.274 e. The number of aryl methyl sites for hydroxylation is 2. The van der Waals surface area contributed by atoms with Gasteiger partial charge in [-0.3, -0.25) is 9.20 Å². The summed E-state index contributed by atoms with van der Waals surface area (Å²) in [6, 6.07) is 16.3. The van der Waals surface area contributed by atoms with Crippen LogP contribution in [-0.2, 0) is 6.61 Å². The first-order valence-corrected chi connectivity index (χ1v) is 10.8. The number of carbonyl (C=O) groups is 1. The summed E-state index contributed by atoms with van der Waals surface area (Å²) < 4.78 is 40.6. The van der Waals surface area contributed by atoms with Gasteiger partial charge in [-0.1, -0.05) is 41.6 Å². The molecule has 0 atom stereocenters. The average molecular weight is 474 g/mol. The van der Waals surface area contributed by atoms with E-state index in [2.05, 4.69) is 15.5 Å². The lowest BCUT2D eigenvalue weighted by Gasteiger charge is -2.10. The molecule has 2 aromatic carbocycles. The quantitative estimate of drug-likeness (QED) is 0.341. The number of amides is 1. The number of imidazole rings is 1. The van der Waals surface area contributed by atoms with Gasteiger partial charge >= 0.3 is 0 Å². The van der Waals surface area contributed by atoms with Crippen LogP contribution in [0, 0.1) is 25.5 Å². The minimum absolute atomic E-state index is 0.188. The van der Waals surface area contributed by atoms with Crippen LogP contribution in [0.2, 0.25) is 0 Å². The zero-order valence-electron chi connectivity index (χ0n) is 18.9. The van der Waals surface area contributed by atoms with E-state index in [1.54, 1.807) is 36.6 Å². The van der Waals surface area contributed by atoms with Crippen molar-refractivity contribution >= 4 is 17.2 Å². The highest BCUT2D eigenvalue weighted by Gasteiger charge is 2.23. The van der Waals surface area contributed by atoms with Gasteiger partial charge in [-0.25, -0.2) is 13.8 Å². The predicted molar refractivity (Wildman–Crippen MR) is 125 cm³/mol. The number of nitrogens with zero attached hydrogens (tertiary/aromatic N) is 3. The molecule has 1 N–H and O–H groups in total. The molecule has 5 aromatic rings. The standard InChI is InChI=1S/C26H20F2N4O3/c1-15-24(26(33)30-22-16(2)35-31-23(22)17-8-4-3-5-9-17)32-13-7-12-21(25(32)29-15)34-14-18-19(27)10-6-11-20(18)28/h3-13H,14H2,1-2H3,(H,30,33). The van der Waals surface area contributed by atoms with E-state index >= 15 is 0 Å². The zero-order chi connectivity index (χ0) is 24.5. The molecule has 0 aliphatic rings. The van der Waals surface area contributed by atoms with Gasteiger partial charge in [0, 0.05) is 11.8 Å². The second-order valence-corrected chi connectivity index (χ2v) is 7.88. The molecule has 3 heterocycles. The van der Waals surface area contributed by atoms with E-state index in [0.717, 1.165) is 5.56 Å². The number of aromatic nitrogens is 3. The summed E-state index contributed by atoms with van der Waals surface area (Å²) in [6.45, 7) is 3.08. The summed E-state index contributed by atoms with van der Waals surface area (Å²) in [5.41, 5.74) is 2.65. The van der Waals surface area contributed by atoms with Crippen LogP contribution in [0.25, 0.3) is 16.9 Å². The van der Waals surface area contributed by atoms with Crippen LogP contribution in [0.5, 0.6) is 5.75 Å². The third kappa shape index (κ3) is 4.12. The van der Waals surface area contributed by atoms with Gasteiger partial charge in [0.15, 0.2) is 17.2 Å². The molecule has 0 saturated heterocycles. The summed E-state index contributed by atoms with van der Waals surface area (Å²) in [5.74, 6) is -1.08. The van der Waals surface area contributed by atoms with Crippen LogP contribution in [0.1, 0.15) is 27.5 Å². The van der Waals surface area contributed by atoms with Crippen molar-refractivity contribution in [1.82, 2.24) is 14.5 Å². The Balaban J connectivity index is 1.46. The summed E-state index contributed by atoms with van der Waals surface area (Å²) in [7, 11) is 0. The average Bonchev–Trinajstić information content (AvgIpc) is 3.38. The first-order chi connectivity index (χ1) is 16.9. The van der Waals surface area contributed by atoms with Crippen molar-refractivity contribution in [2.45, 2.75) is 20.5 Å². The minimum atomic E-state index is -0.699. The fourth-order valence-electron chi connectivity index (χ4n) is 3.85. The summed E-state index contributed by atoms with van der Waals surface area (Å²) in [5, 5.41) is 6.98. The van der Waals surface area contributed by atoms with E-state index in [1.807, 2.05) is 30.3 Å². The number of hydrogen-bond donors (Lipinski definition) is 1. The number of ether oxygens (including phenoxy) is 1. The molecule has 0 fully saturated rings. The molecule has 0 spiro atoms. The zero-order valence-corrected chi connectivity index (χ0v) is 18.9. The normalized spacial score (nSPS) is 11.1. The molecule has 176 valence electrons. The van der Waals surface area contributed by atoms with E-state index in [4.69, 9.17) is 9.26 Å². The van der Waals surface area contributed by atoms with Gasteiger partial charge in [0.25, 0.3) is 5.91 Å². The Kier molecular flexibility index (Phi) is 5.74. The Labute approximate surface area is 199 Å². The third-order valence-electron chi connectivity index (χ3n) is 5.59. The molecule has 9 heteroatoms. The van der Waals surface area contributed by atoms with Gasteiger partial charge in [-0.05, 0) is 38.1 Å². The number of fused-ring (bicyclic) bond motifs is 1. The second kappa shape index (κ2) is 9.02. The molecule has 0 saturated carbocycles. The van der Waals surface area contributed by atoms with Crippen LogP contribution in [0.3, 0.4) is 0 Å². The van der Waals surface area contributed by atoms with Crippen molar-refractivity contribution < 1.29 is 22.8 Å². The highest BCUT2D eigenvalue weighted by molar-refractivity contribution is 6.06. The lowest BCUT2D eigenvalue weighted by Crippen LogP contribution is -2.16. The molecule has 0 bridgehead atoms. The van der Waals surface area contributed by atoms with E-state index in [0.29, 0.717) is 28.5 Å². The number of hydrogen-bond acceptors (Lipinski definition) is 5. The predicted octanol–water partition coefficient (Wildman–Crippen LogP) is 5.72. The lowest BCUT2D eigenvalue weighted by molar-refractivity contribution is 0.102. The molecule has 0 unspecified atom stereocenters. The fourth-order valence-corrected chi connectivity index (χ4v) is 3.85. The number of nitrogens with one attached hydrogen (secondary N) is 1. The van der Waals surface area contributed by atoms with Gasteiger partial charge in [0.1, 0.15) is 35.3 Å². The van der Waals surface area contributed by atoms with Gasteiger partial charge in [0.2, 0.25) is 0 Å². The van der Waals surface area contributed by atoms with Crippen LogP contribution >= 0.6 is 0 Å². The van der Waals surface area contributed by atoms with Gasteiger partial charge in [-0.15, -0.1) is 0 Å². The summed E-state index contributed by atoms with van der Waals surface area (Å²) in [4.78, 5) is 17.8. The Morgan fingerprint density at radius 2 is 1.77 bits per heavy atom. The van der Waals surface area contributed by atoms with Crippen LogP contribution < -0.4 is 10.1 Å². The van der Waals surface area contributed by atoms with Crippen molar-refractivity contribution in [3.05, 3.63) is 101 Å². The maximum absolute atomic E-state index is 14.0. The van der Waals surface area contributed by atoms with Crippen molar-refractivity contribution in [2.24, 2.45) is 0 Å². The molecule has 5 rings (SSSR count). The monoisotopic (exact) mass is 474 g/mol. The Morgan fingerprint density at radius 1 is 1.03 bits per heavy atom. The Bertz CT molecular complexity index is 1520. The Morgan fingerprint density at radius 3 is 2.51 bits per heavy atom. The SMILES string of the molecule is Cc1nc2c(OCc3c(F)cccc3F)cccn2c1C(=O)Nc1c(-c2ccccc2)noc1C. The molecule has 3 aromatic heterocycles. The maximum atomic E-state index is 14.0. The number of anilines is 1. The summed E-state index contributed by atoms with van der Waals surface area (Å²) >= 11 is 0. The number of rotatable bonds is 6. The lowest BCUT2D eigenvalue weighted by atomic mass is 10.1.